The van der Waals surface area contributed by atoms with Gasteiger partial charge in [-0.15, -0.1) is 0 Å². The summed E-state index contributed by atoms with van der Waals surface area (Å²) < 4.78 is 18.1. The van der Waals surface area contributed by atoms with E-state index < -0.39 is 0 Å². The first-order chi connectivity index (χ1) is 6.29. The molecule has 13 heavy (non-hydrogen) atoms. The van der Waals surface area contributed by atoms with Crippen molar-refractivity contribution in [1.29, 1.82) is 0 Å². The molecule has 1 heterocycles. The summed E-state index contributed by atoms with van der Waals surface area (Å²) in [6.07, 6.45) is 1.94. The number of hydrogen-bond donors (Lipinski definition) is 1. The Morgan fingerprint density at radius 3 is 3.08 bits per heavy atom. The molecule has 0 fully saturated rings. The molecule has 3 heteroatoms. The van der Waals surface area contributed by atoms with E-state index in [4.69, 9.17) is 10.5 Å². The highest BCUT2D eigenvalue weighted by atomic mass is 19.1. The topological polar surface area (TPSA) is 35.2 Å². The maximum absolute atomic E-state index is 12.7. The van der Waals surface area contributed by atoms with Crippen LogP contribution in [0.2, 0.25) is 0 Å². The van der Waals surface area contributed by atoms with Crippen LogP contribution < -0.4 is 10.5 Å². The van der Waals surface area contributed by atoms with Crippen LogP contribution in [0.3, 0.4) is 0 Å². The Hall–Kier alpha value is -1.35. The van der Waals surface area contributed by atoms with E-state index in [1.807, 2.05) is 6.08 Å². The van der Waals surface area contributed by atoms with Crippen LogP contribution in [0, 0.1) is 5.82 Å². The fraction of sp³-hybridized carbons (Fsp3) is 0.200. The minimum Gasteiger partial charge on any atom is -0.488 e. The predicted octanol–water partition coefficient (Wildman–Crippen LogP) is 1.56. The van der Waals surface area contributed by atoms with E-state index in [0.29, 0.717) is 18.9 Å². The van der Waals surface area contributed by atoms with Crippen molar-refractivity contribution in [3.8, 4) is 5.75 Å². The molecule has 0 saturated heterocycles. The van der Waals surface area contributed by atoms with E-state index in [1.165, 1.54) is 12.1 Å². The maximum Gasteiger partial charge on any atom is 0.129 e. The molecular formula is C10H10FNO. The highest BCUT2D eigenvalue weighted by molar-refractivity contribution is 5.62. The summed E-state index contributed by atoms with van der Waals surface area (Å²) in [6, 6.07) is 4.50. The van der Waals surface area contributed by atoms with Gasteiger partial charge in [0.2, 0.25) is 0 Å². The largest absolute Gasteiger partial charge is 0.488 e. The molecule has 2 N–H and O–H groups in total. The Bertz CT molecular complexity index is 360. The van der Waals surface area contributed by atoms with Gasteiger partial charge in [-0.1, -0.05) is 0 Å². The Morgan fingerprint density at radius 2 is 2.31 bits per heavy atom. The Balaban J connectivity index is 2.42. The SMILES string of the molecule is NCC1=Cc2ccc(F)cc2OC1. The maximum atomic E-state index is 12.7. The summed E-state index contributed by atoms with van der Waals surface area (Å²) in [5, 5.41) is 0. The molecule has 0 aliphatic carbocycles. The average Bonchev–Trinajstić information content (AvgIpc) is 2.17. The molecule has 0 bridgehead atoms. The van der Waals surface area contributed by atoms with Crippen molar-refractivity contribution >= 4 is 6.08 Å². The van der Waals surface area contributed by atoms with E-state index in [0.717, 1.165) is 11.1 Å². The van der Waals surface area contributed by atoms with Gasteiger partial charge in [-0.2, -0.15) is 0 Å². The van der Waals surface area contributed by atoms with Crippen molar-refractivity contribution in [1.82, 2.24) is 0 Å². The van der Waals surface area contributed by atoms with E-state index in [-0.39, 0.29) is 5.82 Å². The third kappa shape index (κ3) is 1.55. The summed E-state index contributed by atoms with van der Waals surface area (Å²) in [6.45, 7) is 0.948. The number of benzene rings is 1. The molecule has 0 aromatic heterocycles. The van der Waals surface area contributed by atoms with Crippen LogP contribution in [0.4, 0.5) is 4.39 Å². The fourth-order valence-electron chi connectivity index (χ4n) is 1.30. The quantitative estimate of drug-likeness (QED) is 0.710. The number of rotatable bonds is 1. The number of halogens is 1. The van der Waals surface area contributed by atoms with Gasteiger partial charge in [0.05, 0.1) is 0 Å². The minimum atomic E-state index is -0.275. The lowest BCUT2D eigenvalue weighted by Crippen LogP contribution is -2.14. The van der Waals surface area contributed by atoms with Gasteiger partial charge in [0.15, 0.2) is 0 Å². The molecule has 0 unspecified atom stereocenters. The third-order valence-corrected chi connectivity index (χ3v) is 2.01. The molecule has 1 aromatic rings. The second-order valence-electron chi connectivity index (χ2n) is 2.98. The molecule has 1 aromatic carbocycles. The Labute approximate surface area is 75.8 Å². The first-order valence-electron chi connectivity index (χ1n) is 4.11. The van der Waals surface area contributed by atoms with Gasteiger partial charge in [-0.05, 0) is 23.8 Å². The first kappa shape index (κ1) is 8.26. The second-order valence-corrected chi connectivity index (χ2v) is 2.98. The number of hydrogen-bond acceptors (Lipinski definition) is 2. The van der Waals surface area contributed by atoms with Crippen molar-refractivity contribution in [3.05, 3.63) is 35.2 Å². The van der Waals surface area contributed by atoms with Gasteiger partial charge in [0.1, 0.15) is 18.2 Å². The standard InChI is InChI=1S/C10H10FNO/c11-9-2-1-8-3-7(5-12)6-13-10(8)4-9/h1-4H,5-6,12H2. The van der Waals surface area contributed by atoms with Crippen molar-refractivity contribution in [3.63, 3.8) is 0 Å². The minimum absolute atomic E-state index is 0.275. The monoisotopic (exact) mass is 179 g/mol. The highest BCUT2D eigenvalue weighted by Gasteiger charge is 2.10. The molecule has 0 atom stereocenters. The van der Waals surface area contributed by atoms with Crippen LogP contribution in [0.5, 0.6) is 5.75 Å². The first-order valence-corrected chi connectivity index (χ1v) is 4.11. The van der Waals surface area contributed by atoms with E-state index in [2.05, 4.69) is 0 Å². The van der Waals surface area contributed by atoms with E-state index >= 15 is 0 Å². The fourth-order valence-corrected chi connectivity index (χ4v) is 1.30. The molecule has 1 aliphatic heterocycles. The lowest BCUT2D eigenvalue weighted by atomic mass is 10.1. The molecule has 2 nitrogen and oxygen atoms in total. The van der Waals surface area contributed by atoms with Gasteiger partial charge in [-0.3, -0.25) is 0 Å². The zero-order chi connectivity index (χ0) is 9.26. The van der Waals surface area contributed by atoms with Gasteiger partial charge in [0.25, 0.3) is 0 Å². The van der Waals surface area contributed by atoms with Gasteiger partial charge in [0, 0.05) is 18.2 Å². The molecular weight excluding hydrogens is 169 g/mol. The number of ether oxygens (including phenoxy) is 1. The zero-order valence-electron chi connectivity index (χ0n) is 7.09. The van der Waals surface area contributed by atoms with Crippen molar-refractivity contribution in [2.24, 2.45) is 5.73 Å². The normalized spacial score (nSPS) is 14.5. The molecule has 1 aliphatic rings. The summed E-state index contributed by atoms with van der Waals surface area (Å²) in [5.74, 6) is 0.320. The zero-order valence-corrected chi connectivity index (χ0v) is 7.09. The molecule has 0 radical (unpaired) electrons. The summed E-state index contributed by atoms with van der Waals surface area (Å²) in [5.41, 5.74) is 7.39. The highest BCUT2D eigenvalue weighted by Crippen LogP contribution is 2.26. The lowest BCUT2D eigenvalue weighted by Gasteiger charge is -2.16. The lowest BCUT2D eigenvalue weighted by molar-refractivity contribution is 0.343. The van der Waals surface area contributed by atoms with Gasteiger partial charge in [-0.25, -0.2) is 4.39 Å². The molecule has 0 spiro atoms. The van der Waals surface area contributed by atoms with Crippen LogP contribution in [0.25, 0.3) is 6.08 Å². The summed E-state index contributed by atoms with van der Waals surface area (Å²) >= 11 is 0. The number of nitrogens with two attached hydrogens (primary N) is 1. The molecule has 68 valence electrons. The van der Waals surface area contributed by atoms with E-state index in [9.17, 15) is 4.39 Å². The van der Waals surface area contributed by atoms with E-state index in [1.54, 1.807) is 6.07 Å². The van der Waals surface area contributed by atoms with Crippen LogP contribution in [-0.2, 0) is 0 Å². The average molecular weight is 179 g/mol. The van der Waals surface area contributed by atoms with Crippen LogP contribution >= 0.6 is 0 Å². The third-order valence-electron chi connectivity index (χ3n) is 2.01. The van der Waals surface area contributed by atoms with Crippen LogP contribution in [-0.4, -0.2) is 13.2 Å². The van der Waals surface area contributed by atoms with Crippen molar-refractivity contribution in [2.45, 2.75) is 0 Å². The predicted molar refractivity (Wildman–Crippen MR) is 48.9 cm³/mol. The van der Waals surface area contributed by atoms with Crippen molar-refractivity contribution in [2.75, 3.05) is 13.2 Å². The summed E-state index contributed by atoms with van der Waals surface area (Å²) in [4.78, 5) is 0. The Kier molecular flexibility index (Phi) is 2.02. The Morgan fingerprint density at radius 1 is 1.46 bits per heavy atom. The molecule has 0 saturated carbocycles. The number of fused-ring (bicyclic) bond motifs is 1. The second kappa shape index (κ2) is 3.18. The molecule has 0 amide bonds. The van der Waals surface area contributed by atoms with Crippen molar-refractivity contribution < 1.29 is 9.13 Å². The summed E-state index contributed by atoms with van der Waals surface area (Å²) in [7, 11) is 0. The van der Waals surface area contributed by atoms with Crippen LogP contribution in [0.1, 0.15) is 5.56 Å². The molecule has 2 rings (SSSR count). The smallest absolute Gasteiger partial charge is 0.129 e. The van der Waals surface area contributed by atoms with Crippen LogP contribution in [0.15, 0.2) is 23.8 Å². The van der Waals surface area contributed by atoms with Gasteiger partial charge >= 0.3 is 0 Å². The van der Waals surface area contributed by atoms with Gasteiger partial charge < -0.3 is 10.5 Å².